The Morgan fingerprint density at radius 3 is 2.23 bits per heavy atom. The average Bonchev–Trinajstić information content (AvgIpc) is 3.00. The minimum Gasteiger partial charge on any atom is -0.504 e. The zero-order chi connectivity index (χ0) is 18.3. The van der Waals surface area contributed by atoms with Crippen LogP contribution >= 0.6 is 0 Å². The summed E-state index contributed by atoms with van der Waals surface area (Å²) in [5.74, 6) is -0.446. The average molecular weight is 348 g/mol. The van der Waals surface area contributed by atoms with Crippen LogP contribution < -0.4 is 0 Å². The number of phenols is 4. The molecule has 3 aromatic carbocycles. The van der Waals surface area contributed by atoms with Gasteiger partial charge in [-0.1, -0.05) is 30.3 Å². The fraction of sp³-hybridized carbons (Fsp3) is 0.0500. The van der Waals surface area contributed by atoms with Crippen molar-refractivity contribution in [1.82, 2.24) is 9.55 Å². The number of aromatic nitrogens is 2. The molecule has 4 N–H and O–H groups in total. The summed E-state index contributed by atoms with van der Waals surface area (Å²) in [6, 6.07) is 16.9. The smallest absolute Gasteiger partial charge is 0.168 e. The Morgan fingerprint density at radius 1 is 0.731 bits per heavy atom. The third-order valence-corrected chi connectivity index (χ3v) is 4.34. The van der Waals surface area contributed by atoms with Crippen LogP contribution in [0.25, 0.3) is 22.4 Å². The van der Waals surface area contributed by atoms with E-state index in [2.05, 4.69) is 4.98 Å². The van der Waals surface area contributed by atoms with Crippen LogP contribution in [0.2, 0.25) is 0 Å². The van der Waals surface area contributed by atoms with Crippen LogP contribution in [0.5, 0.6) is 23.0 Å². The molecule has 6 heteroatoms. The van der Waals surface area contributed by atoms with Gasteiger partial charge in [0.15, 0.2) is 23.0 Å². The van der Waals surface area contributed by atoms with Crippen molar-refractivity contribution in [3.8, 4) is 34.4 Å². The van der Waals surface area contributed by atoms with E-state index >= 15 is 0 Å². The van der Waals surface area contributed by atoms with Crippen molar-refractivity contribution >= 4 is 11.0 Å². The van der Waals surface area contributed by atoms with Gasteiger partial charge in [0, 0.05) is 5.56 Å². The molecule has 0 fully saturated rings. The lowest BCUT2D eigenvalue weighted by Crippen LogP contribution is -2.03. The molecule has 0 spiro atoms. The Labute approximate surface area is 148 Å². The maximum atomic E-state index is 10.3. The van der Waals surface area contributed by atoms with Crippen molar-refractivity contribution < 1.29 is 20.4 Å². The summed E-state index contributed by atoms with van der Waals surface area (Å²) >= 11 is 0. The first kappa shape index (κ1) is 15.8. The number of aromatic hydroxyl groups is 4. The molecular weight excluding hydrogens is 332 g/mol. The SMILES string of the molecule is Oc1cccc(Cn2c(-c3cccc(O)c3O)nc3ccccc32)c1O. The van der Waals surface area contributed by atoms with Gasteiger partial charge in [-0.3, -0.25) is 0 Å². The maximum Gasteiger partial charge on any atom is 0.168 e. The van der Waals surface area contributed by atoms with Crippen molar-refractivity contribution in [1.29, 1.82) is 0 Å². The Kier molecular flexibility index (Phi) is 3.65. The largest absolute Gasteiger partial charge is 0.504 e. The number of hydrogen-bond donors (Lipinski definition) is 4. The molecule has 0 saturated carbocycles. The van der Waals surface area contributed by atoms with Crippen molar-refractivity contribution in [2.45, 2.75) is 6.54 Å². The van der Waals surface area contributed by atoms with Crippen molar-refractivity contribution in [2.75, 3.05) is 0 Å². The second-order valence-electron chi connectivity index (χ2n) is 5.97. The predicted octanol–water partition coefficient (Wildman–Crippen LogP) is 3.57. The summed E-state index contributed by atoms with van der Waals surface area (Å²) in [5, 5.41) is 40.0. The monoisotopic (exact) mass is 348 g/mol. The third kappa shape index (κ3) is 2.48. The quantitative estimate of drug-likeness (QED) is 0.424. The molecule has 4 rings (SSSR count). The van der Waals surface area contributed by atoms with Crippen LogP contribution in [0.3, 0.4) is 0 Å². The second-order valence-corrected chi connectivity index (χ2v) is 5.97. The highest BCUT2D eigenvalue weighted by Crippen LogP contribution is 2.38. The number of benzene rings is 3. The summed E-state index contributed by atoms with van der Waals surface area (Å²) < 4.78 is 1.82. The summed E-state index contributed by atoms with van der Waals surface area (Å²) in [5.41, 5.74) is 2.40. The molecule has 0 bridgehead atoms. The summed E-state index contributed by atoms with van der Waals surface area (Å²) in [6.07, 6.45) is 0. The molecule has 0 aliphatic carbocycles. The first-order valence-corrected chi connectivity index (χ1v) is 8.02. The van der Waals surface area contributed by atoms with Gasteiger partial charge in [0.25, 0.3) is 0 Å². The molecule has 130 valence electrons. The Hall–Kier alpha value is -3.67. The van der Waals surface area contributed by atoms with Gasteiger partial charge < -0.3 is 25.0 Å². The van der Waals surface area contributed by atoms with E-state index in [4.69, 9.17) is 0 Å². The minimum atomic E-state index is -0.260. The van der Waals surface area contributed by atoms with Crippen LogP contribution in [0.15, 0.2) is 60.7 Å². The Morgan fingerprint density at radius 2 is 1.42 bits per heavy atom. The van der Waals surface area contributed by atoms with E-state index in [0.29, 0.717) is 22.5 Å². The lowest BCUT2D eigenvalue weighted by atomic mass is 10.1. The van der Waals surface area contributed by atoms with E-state index in [9.17, 15) is 20.4 Å². The second kappa shape index (κ2) is 6.00. The van der Waals surface area contributed by atoms with E-state index < -0.39 is 0 Å². The van der Waals surface area contributed by atoms with E-state index in [1.165, 1.54) is 12.1 Å². The van der Waals surface area contributed by atoms with Crippen LogP contribution in [-0.4, -0.2) is 30.0 Å². The van der Waals surface area contributed by atoms with Gasteiger partial charge in [-0.2, -0.15) is 0 Å². The molecule has 6 nitrogen and oxygen atoms in total. The molecule has 0 aliphatic heterocycles. The zero-order valence-corrected chi connectivity index (χ0v) is 13.7. The first-order valence-electron chi connectivity index (χ1n) is 8.02. The van der Waals surface area contributed by atoms with Gasteiger partial charge in [0.2, 0.25) is 0 Å². The fourth-order valence-corrected chi connectivity index (χ4v) is 3.03. The van der Waals surface area contributed by atoms with Crippen LogP contribution in [0.4, 0.5) is 0 Å². The lowest BCUT2D eigenvalue weighted by Gasteiger charge is -2.12. The normalized spacial score (nSPS) is 11.1. The standard InChI is InChI=1S/C20H16N2O4/c23-16-9-3-5-12(18(16)25)11-22-15-8-2-1-7-14(15)21-20(22)13-6-4-10-17(24)19(13)26/h1-10,23-26H,11H2. The molecule has 0 unspecified atom stereocenters. The number of phenolic OH excluding ortho intramolecular Hbond substituents is 4. The highest BCUT2D eigenvalue weighted by molar-refractivity contribution is 5.82. The predicted molar refractivity (Wildman–Crippen MR) is 97.4 cm³/mol. The molecule has 0 aliphatic rings. The van der Waals surface area contributed by atoms with Crippen molar-refractivity contribution in [2.24, 2.45) is 0 Å². The van der Waals surface area contributed by atoms with Gasteiger partial charge in [-0.25, -0.2) is 4.98 Å². The number of fused-ring (bicyclic) bond motifs is 1. The van der Waals surface area contributed by atoms with Crippen molar-refractivity contribution in [3.05, 3.63) is 66.2 Å². The number of imidazole rings is 1. The highest BCUT2D eigenvalue weighted by Gasteiger charge is 2.18. The molecular formula is C20H16N2O4. The van der Waals surface area contributed by atoms with Gasteiger partial charge in [0.1, 0.15) is 5.82 Å². The molecule has 0 radical (unpaired) electrons. The molecule has 0 saturated heterocycles. The number of nitrogens with zero attached hydrogens (tertiary/aromatic N) is 2. The van der Waals surface area contributed by atoms with Crippen LogP contribution in [-0.2, 0) is 6.54 Å². The topological polar surface area (TPSA) is 98.7 Å². The highest BCUT2D eigenvalue weighted by atomic mass is 16.3. The first-order chi connectivity index (χ1) is 12.6. The van der Waals surface area contributed by atoms with Gasteiger partial charge in [0.05, 0.1) is 23.1 Å². The van der Waals surface area contributed by atoms with E-state index in [-0.39, 0.29) is 29.5 Å². The third-order valence-electron chi connectivity index (χ3n) is 4.34. The molecule has 1 aromatic heterocycles. The number of rotatable bonds is 3. The lowest BCUT2D eigenvalue weighted by molar-refractivity contribution is 0.398. The van der Waals surface area contributed by atoms with E-state index in [1.807, 2.05) is 28.8 Å². The molecule has 0 amide bonds. The fourth-order valence-electron chi connectivity index (χ4n) is 3.03. The van der Waals surface area contributed by atoms with Gasteiger partial charge in [-0.15, -0.1) is 0 Å². The summed E-state index contributed by atoms with van der Waals surface area (Å²) in [4.78, 5) is 4.58. The molecule has 4 aromatic rings. The van der Waals surface area contributed by atoms with Gasteiger partial charge >= 0.3 is 0 Å². The Balaban J connectivity index is 1.95. The summed E-state index contributed by atoms with van der Waals surface area (Å²) in [7, 11) is 0. The van der Waals surface area contributed by atoms with Crippen LogP contribution in [0.1, 0.15) is 5.56 Å². The van der Waals surface area contributed by atoms with Gasteiger partial charge in [-0.05, 0) is 30.3 Å². The van der Waals surface area contributed by atoms with E-state index in [0.717, 1.165) is 5.52 Å². The van der Waals surface area contributed by atoms with E-state index in [1.54, 1.807) is 24.3 Å². The molecule has 1 heterocycles. The summed E-state index contributed by atoms with van der Waals surface area (Å²) in [6.45, 7) is 0.227. The Bertz CT molecular complexity index is 1120. The number of hydrogen-bond acceptors (Lipinski definition) is 5. The van der Waals surface area contributed by atoms with Crippen LogP contribution in [0, 0.1) is 0 Å². The minimum absolute atomic E-state index is 0.198. The van der Waals surface area contributed by atoms with Crippen molar-refractivity contribution in [3.63, 3.8) is 0 Å². The molecule has 26 heavy (non-hydrogen) atoms. The number of para-hydroxylation sites is 4. The molecule has 0 atom stereocenters. The maximum absolute atomic E-state index is 10.3. The zero-order valence-electron chi connectivity index (χ0n) is 13.7.